The Kier molecular flexibility index (Phi) is 6.87. The fourth-order valence-electron chi connectivity index (χ4n) is 6.41. The normalized spacial score (nSPS) is 15.9. The molecule has 0 saturated heterocycles. The summed E-state index contributed by atoms with van der Waals surface area (Å²) in [4.78, 5) is 20.1. The largest absolute Gasteiger partial charge is 0.493 e. The van der Waals surface area contributed by atoms with Gasteiger partial charge in [0.1, 0.15) is 0 Å². The van der Waals surface area contributed by atoms with Gasteiger partial charge in [0.2, 0.25) is 0 Å². The molecule has 3 heterocycles. The van der Waals surface area contributed by atoms with E-state index in [1.807, 2.05) is 53.1 Å². The van der Waals surface area contributed by atoms with Gasteiger partial charge < -0.3 is 14.0 Å². The van der Waals surface area contributed by atoms with Crippen LogP contribution < -0.4 is 24.4 Å². The molecule has 1 aliphatic carbocycles. The third-order valence-electron chi connectivity index (χ3n) is 8.44. The van der Waals surface area contributed by atoms with Gasteiger partial charge in [0.15, 0.2) is 16.3 Å². The highest BCUT2D eigenvalue weighted by molar-refractivity contribution is 7.07. The highest BCUT2D eigenvalue weighted by Gasteiger charge is 2.33. The summed E-state index contributed by atoms with van der Waals surface area (Å²) in [6.07, 6.45) is 3.72. The molecule has 2 aromatic heterocycles. The number of allylic oxidation sites excluding steroid dienone is 1. The molecule has 5 aromatic rings. The first-order valence-corrected chi connectivity index (χ1v) is 15.4. The third kappa shape index (κ3) is 4.55. The number of hydrogen-bond acceptors (Lipinski definition) is 5. The molecule has 1 aliphatic heterocycles. The maximum absolute atomic E-state index is 14.3. The van der Waals surface area contributed by atoms with Crippen molar-refractivity contribution < 1.29 is 9.47 Å². The Bertz CT molecular complexity index is 2120. The molecule has 0 N–H and O–H groups in total. The smallest absolute Gasteiger partial charge is 0.271 e. The Labute approximate surface area is 258 Å². The average molecular weight is 608 g/mol. The quantitative estimate of drug-likeness (QED) is 0.232. The lowest BCUT2D eigenvalue weighted by Crippen LogP contribution is -2.38. The summed E-state index contributed by atoms with van der Waals surface area (Å²) in [7, 11) is 3.26. The van der Waals surface area contributed by atoms with E-state index in [4.69, 9.17) is 26.1 Å². The molecular formula is C35H30ClN3O3S. The molecule has 7 rings (SSSR count). The summed E-state index contributed by atoms with van der Waals surface area (Å²) < 4.78 is 15.9. The zero-order valence-corrected chi connectivity index (χ0v) is 25.9. The lowest BCUT2D eigenvalue weighted by atomic mass is 9.83. The molecule has 0 amide bonds. The van der Waals surface area contributed by atoms with Crippen LogP contribution in [-0.4, -0.2) is 23.4 Å². The van der Waals surface area contributed by atoms with Crippen LogP contribution in [0.3, 0.4) is 0 Å². The Morgan fingerprint density at radius 1 is 0.953 bits per heavy atom. The first-order chi connectivity index (χ1) is 20.9. The summed E-state index contributed by atoms with van der Waals surface area (Å²) >= 11 is 7.58. The van der Waals surface area contributed by atoms with Crippen LogP contribution in [0.4, 0.5) is 0 Å². The van der Waals surface area contributed by atoms with Gasteiger partial charge in [-0.1, -0.05) is 53.3 Å². The topological polar surface area (TPSA) is 57.8 Å². The van der Waals surface area contributed by atoms with Crippen molar-refractivity contribution in [2.45, 2.75) is 32.7 Å². The van der Waals surface area contributed by atoms with Gasteiger partial charge in [0, 0.05) is 27.7 Å². The second-order valence-electron chi connectivity index (χ2n) is 10.9. The van der Waals surface area contributed by atoms with Gasteiger partial charge >= 0.3 is 0 Å². The second-order valence-corrected chi connectivity index (χ2v) is 12.3. The number of aromatic nitrogens is 2. The number of hydrogen-bond donors (Lipinski definition) is 0. The minimum Gasteiger partial charge on any atom is -0.493 e. The number of nitrogens with zero attached hydrogens (tertiary/aromatic N) is 3. The number of fused-ring (bicyclic) bond motifs is 3. The Morgan fingerprint density at radius 3 is 2.49 bits per heavy atom. The number of benzene rings is 3. The van der Waals surface area contributed by atoms with E-state index in [1.54, 1.807) is 14.2 Å². The van der Waals surface area contributed by atoms with E-state index in [0.717, 1.165) is 57.9 Å². The summed E-state index contributed by atoms with van der Waals surface area (Å²) in [6.45, 7) is 4.15. The van der Waals surface area contributed by atoms with Crippen LogP contribution >= 0.6 is 22.9 Å². The first-order valence-electron chi connectivity index (χ1n) is 14.2. The monoisotopic (exact) mass is 607 g/mol. The first kappa shape index (κ1) is 27.5. The van der Waals surface area contributed by atoms with Gasteiger partial charge in [-0.05, 0) is 97.5 Å². The van der Waals surface area contributed by atoms with Gasteiger partial charge in [-0.25, -0.2) is 4.99 Å². The maximum atomic E-state index is 14.3. The standard InChI is InChI=1S/C35H30ClN3O3S/c1-20-17-24(21(2)38(20)26-13-11-25(36)12-14-26)19-31-34(40)39-33(23-10-16-29(41-3)30(18-23)42-4)28-15-9-22-7-5-6-8-27(22)32(28)37-35(39)43-31/h5-8,10-14,16-19,33H,9,15H2,1-4H3/b31-19+/t33-/m0/s1. The number of methoxy groups -OCH3 is 2. The van der Waals surface area contributed by atoms with Crippen molar-refractivity contribution in [3.05, 3.63) is 137 Å². The SMILES string of the molecule is COc1ccc([C@H]2C3=C(N=c4s/c(=C/c5cc(C)n(-c6ccc(Cl)cc6)c5C)c(=O)n42)c2ccccc2CC3)cc1OC. The van der Waals surface area contributed by atoms with Crippen molar-refractivity contribution in [1.29, 1.82) is 0 Å². The van der Waals surface area contributed by atoms with E-state index in [-0.39, 0.29) is 11.6 Å². The minimum atomic E-state index is -0.303. The molecule has 0 bridgehead atoms. The van der Waals surface area contributed by atoms with Crippen LogP contribution in [0.5, 0.6) is 11.5 Å². The number of halogens is 1. The van der Waals surface area contributed by atoms with Crippen molar-refractivity contribution >= 4 is 34.7 Å². The van der Waals surface area contributed by atoms with Crippen molar-refractivity contribution in [2.75, 3.05) is 14.2 Å². The van der Waals surface area contributed by atoms with E-state index in [2.05, 4.69) is 48.7 Å². The van der Waals surface area contributed by atoms with Crippen LogP contribution in [0, 0.1) is 13.8 Å². The number of rotatable bonds is 5. The Hall–Kier alpha value is -4.33. The zero-order chi connectivity index (χ0) is 29.8. The molecule has 0 radical (unpaired) electrons. The van der Waals surface area contributed by atoms with E-state index < -0.39 is 0 Å². The van der Waals surface area contributed by atoms with Crippen molar-refractivity contribution in [3.8, 4) is 17.2 Å². The second kappa shape index (κ2) is 10.7. The Balaban J connectivity index is 1.44. The predicted molar refractivity (Wildman–Crippen MR) is 173 cm³/mol. The van der Waals surface area contributed by atoms with Crippen LogP contribution in [0.2, 0.25) is 5.02 Å². The molecule has 0 spiro atoms. The minimum absolute atomic E-state index is 0.0507. The number of thiazole rings is 1. The highest BCUT2D eigenvalue weighted by atomic mass is 35.5. The maximum Gasteiger partial charge on any atom is 0.271 e. The summed E-state index contributed by atoms with van der Waals surface area (Å²) in [6, 6.07) is 24.0. The fraction of sp³-hybridized carbons (Fsp3) is 0.200. The van der Waals surface area contributed by atoms with E-state index >= 15 is 0 Å². The van der Waals surface area contributed by atoms with Crippen molar-refractivity contribution in [3.63, 3.8) is 0 Å². The Morgan fingerprint density at radius 2 is 1.72 bits per heavy atom. The van der Waals surface area contributed by atoms with Crippen molar-refractivity contribution in [1.82, 2.24) is 9.13 Å². The van der Waals surface area contributed by atoms with E-state index in [9.17, 15) is 4.79 Å². The molecule has 0 fully saturated rings. The molecule has 43 heavy (non-hydrogen) atoms. The number of ether oxygens (including phenoxy) is 2. The average Bonchev–Trinajstić information content (AvgIpc) is 3.49. The molecule has 1 atom stereocenters. The van der Waals surface area contributed by atoms with Crippen LogP contribution in [0.15, 0.2) is 88.2 Å². The summed E-state index contributed by atoms with van der Waals surface area (Å²) in [5.41, 5.74) is 9.60. The summed E-state index contributed by atoms with van der Waals surface area (Å²) in [5, 5.41) is 0.696. The third-order valence-corrected chi connectivity index (χ3v) is 9.67. The lowest BCUT2D eigenvalue weighted by molar-refractivity contribution is 0.354. The van der Waals surface area contributed by atoms with Crippen molar-refractivity contribution in [2.24, 2.45) is 4.99 Å². The van der Waals surface area contributed by atoms with E-state index in [0.29, 0.717) is 25.9 Å². The molecule has 0 saturated carbocycles. The molecule has 6 nitrogen and oxygen atoms in total. The molecule has 216 valence electrons. The van der Waals surface area contributed by atoms with E-state index in [1.165, 1.54) is 16.9 Å². The van der Waals surface area contributed by atoms with Gasteiger partial charge in [0.25, 0.3) is 5.56 Å². The van der Waals surface area contributed by atoms with Gasteiger partial charge in [-0.2, -0.15) is 0 Å². The van der Waals surface area contributed by atoms with Crippen LogP contribution in [0.25, 0.3) is 17.5 Å². The van der Waals surface area contributed by atoms with Gasteiger partial charge in [-0.15, -0.1) is 0 Å². The zero-order valence-electron chi connectivity index (χ0n) is 24.3. The molecule has 0 unspecified atom stereocenters. The number of aryl methyl sites for hydroxylation is 2. The lowest BCUT2D eigenvalue weighted by Gasteiger charge is -2.31. The molecule has 8 heteroatoms. The molecular weight excluding hydrogens is 578 g/mol. The van der Waals surface area contributed by atoms with Gasteiger partial charge in [-0.3, -0.25) is 9.36 Å². The summed E-state index contributed by atoms with van der Waals surface area (Å²) in [5.74, 6) is 1.28. The van der Waals surface area contributed by atoms with Crippen LogP contribution in [0.1, 0.15) is 46.1 Å². The molecule has 2 aliphatic rings. The van der Waals surface area contributed by atoms with Crippen LogP contribution in [-0.2, 0) is 6.42 Å². The highest BCUT2D eigenvalue weighted by Crippen LogP contribution is 2.42. The predicted octanol–water partition coefficient (Wildman–Crippen LogP) is 6.40. The molecule has 3 aromatic carbocycles. The fourth-order valence-corrected chi connectivity index (χ4v) is 7.53. The van der Waals surface area contributed by atoms with Gasteiger partial charge in [0.05, 0.1) is 30.5 Å².